The first-order valence-corrected chi connectivity index (χ1v) is 4.49. The lowest BCUT2D eigenvalue weighted by molar-refractivity contribution is 0.149. The molecule has 0 amide bonds. The Morgan fingerprint density at radius 1 is 1.62 bits per heavy atom. The van der Waals surface area contributed by atoms with Crippen LogP contribution < -0.4 is 0 Å². The van der Waals surface area contributed by atoms with E-state index < -0.39 is 6.43 Å². The Kier molecular flexibility index (Phi) is 3.14. The van der Waals surface area contributed by atoms with Crippen molar-refractivity contribution in [1.29, 1.82) is 5.26 Å². The Hall–Kier alpha value is -0.770. The number of nitrogens with zero attached hydrogens (tertiary/aromatic N) is 2. The van der Waals surface area contributed by atoms with Crippen molar-refractivity contribution in [2.24, 2.45) is 0 Å². The molecule has 0 saturated heterocycles. The first-order chi connectivity index (χ1) is 6.07. The summed E-state index contributed by atoms with van der Waals surface area (Å²) >= 11 is 1.74. The first-order valence-electron chi connectivity index (χ1n) is 3.41. The third-order valence-electron chi connectivity index (χ3n) is 1.59. The van der Waals surface area contributed by atoms with Crippen molar-refractivity contribution in [2.75, 3.05) is 0 Å². The van der Waals surface area contributed by atoms with Gasteiger partial charge in [0.25, 0.3) is 6.43 Å². The summed E-state index contributed by atoms with van der Waals surface area (Å²) in [5.41, 5.74) is 0.333. The molecular weight excluding hydrogens is 289 g/mol. The zero-order valence-corrected chi connectivity index (χ0v) is 8.84. The molecule has 0 aliphatic carbocycles. The molecule has 0 aliphatic heterocycles. The fourth-order valence-corrected chi connectivity index (χ4v) is 1.81. The Morgan fingerprint density at radius 2 is 2.23 bits per heavy atom. The maximum Gasteiger partial charge on any atom is 0.266 e. The second-order valence-corrected chi connectivity index (χ2v) is 3.48. The van der Waals surface area contributed by atoms with Gasteiger partial charge < -0.3 is 0 Å². The third kappa shape index (κ3) is 1.94. The standard InChI is InChI=1S/C8H5F2IN2/c1-4-6(8(9)10)7(11)5(2-12)3-13-4/h3,8H,1H3. The number of alkyl halides is 2. The second kappa shape index (κ2) is 3.96. The van der Waals surface area contributed by atoms with Crippen LogP contribution >= 0.6 is 22.6 Å². The van der Waals surface area contributed by atoms with Crippen molar-refractivity contribution in [2.45, 2.75) is 13.3 Å². The zero-order chi connectivity index (χ0) is 10.0. The number of halogens is 3. The van der Waals surface area contributed by atoms with Gasteiger partial charge in [0.1, 0.15) is 6.07 Å². The van der Waals surface area contributed by atoms with E-state index in [1.54, 1.807) is 22.6 Å². The van der Waals surface area contributed by atoms with E-state index >= 15 is 0 Å². The van der Waals surface area contributed by atoms with Crippen LogP contribution in [0.5, 0.6) is 0 Å². The van der Waals surface area contributed by atoms with Crippen molar-refractivity contribution in [3.8, 4) is 6.07 Å². The number of aryl methyl sites for hydroxylation is 1. The molecular formula is C8H5F2IN2. The molecule has 1 rings (SSSR count). The molecule has 1 heterocycles. The summed E-state index contributed by atoms with van der Waals surface area (Å²) in [5.74, 6) is 0. The molecule has 0 spiro atoms. The van der Waals surface area contributed by atoms with E-state index in [-0.39, 0.29) is 16.8 Å². The lowest BCUT2D eigenvalue weighted by Gasteiger charge is -2.06. The Morgan fingerprint density at radius 3 is 2.69 bits per heavy atom. The third-order valence-corrected chi connectivity index (χ3v) is 2.75. The zero-order valence-electron chi connectivity index (χ0n) is 6.68. The van der Waals surface area contributed by atoms with Gasteiger partial charge in [-0.05, 0) is 29.5 Å². The van der Waals surface area contributed by atoms with Crippen LogP contribution in [0.15, 0.2) is 6.20 Å². The van der Waals surface area contributed by atoms with Gasteiger partial charge in [-0.2, -0.15) is 5.26 Å². The molecule has 0 unspecified atom stereocenters. The van der Waals surface area contributed by atoms with Crippen molar-refractivity contribution in [3.63, 3.8) is 0 Å². The van der Waals surface area contributed by atoms with Crippen LogP contribution in [0.2, 0.25) is 0 Å². The lowest BCUT2D eigenvalue weighted by atomic mass is 10.1. The van der Waals surface area contributed by atoms with Gasteiger partial charge in [-0.25, -0.2) is 8.78 Å². The van der Waals surface area contributed by atoms with Crippen LogP contribution in [0.1, 0.15) is 23.2 Å². The molecule has 0 aliphatic rings. The molecule has 68 valence electrons. The first kappa shape index (κ1) is 10.3. The van der Waals surface area contributed by atoms with Gasteiger partial charge in [0.2, 0.25) is 0 Å². The second-order valence-electron chi connectivity index (χ2n) is 2.40. The van der Waals surface area contributed by atoms with Crippen LogP contribution in [0, 0.1) is 21.8 Å². The van der Waals surface area contributed by atoms with Crippen molar-refractivity contribution < 1.29 is 8.78 Å². The smallest absolute Gasteiger partial charge is 0.260 e. The molecule has 0 atom stereocenters. The molecule has 0 bridgehead atoms. The molecule has 0 fully saturated rings. The lowest BCUT2D eigenvalue weighted by Crippen LogP contribution is -1.99. The maximum absolute atomic E-state index is 12.5. The molecule has 0 radical (unpaired) electrons. The minimum atomic E-state index is -2.58. The van der Waals surface area contributed by atoms with E-state index in [0.29, 0.717) is 3.57 Å². The summed E-state index contributed by atoms with van der Waals surface area (Å²) in [6.07, 6.45) is -1.27. The van der Waals surface area contributed by atoms with E-state index in [2.05, 4.69) is 4.98 Å². The summed E-state index contributed by atoms with van der Waals surface area (Å²) in [4.78, 5) is 3.72. The number of aromatic nitrogens is 1. The highest BCUT2D eigenvalue weighted by molar-refractivity contribution is 14.1. The fraction of sp³-hybridized carbons (Fsp3) is 0.250. The van der Waals surface area contributed by atoms with Crippen molar-refractivity contribution in [1.82, 2.24) is 4.98 Å². The molecule has 1 aromatic rings. The Bertz CT molecular complexity index is 371. The van der Waals surface area contributed by atoms with Crippen LogP contribution in [0.4, 0.5) is 8.78 Å². The highest BCUT2D eigenvalue weighted by Gasteiger charge is 2.18. The number of hydrogen-bond donors (Lipinski definition) is 0. The largest absolute Gasteiger partial charge is 0.266 e. The molecule has 0 N–H and O–H groups in total. The van der Waals surface area contributed by atoms with E-state index in [9.17, 15) is 8.78 Å². The van der Waals surface area contributed by atoms with Crippen LogP contribution in [0.25, 0.3) is 0 Å². The van der Waals surface area contributed by atoms with Crippen molar-refractivity contribution in [3.05, 3.63) is 26.6 Å². The summed E-state index contributed by atoms with van der Waals surface area (Å²) < 4.78 is 25.2. The van der Waals surface area contributed by atoms with E-state index in [0.717, 1.165) is 0 Å². The van der Waals surface area contributed by atoms with Crippen molar-refractivity contribution >= 4 is 22.6 Å². The summed E-state index contributed by atoms with van der Waals surface area (Å²) in [6, 6.07) is 1.81. The van der Waals surface area contributed by atoms with Gasteiger partial charge in [0.15, 0.2) is 0 Å². The normalized spacial score (nSPS) is 10.2. The minimum absolute atomic E-state index is 0.139. The highest BCUT2D eigenvalue weighted by Crippen LogP contribution is 2.28. The quantitative estimate of drug-likeness (QED) is 0.747. The summed E-state index contributed by atoms with van der Waals surface area (Å²) in [5, 5.41) is 8.58. The van der Waals surface area contributed by atoms with Crippen LogP contribution in [0.3, 0.4) is 0 Å². The molecule has 2 nitrogen and oxygen atoms in total. The van der Waals surface area contributed by atoms with Gasteiger partial charge in [-0.3, -0.25) is 4.98 Å². The molecule has 1 aromatic heterocycles. The van der Waals surface area contributed by atoms with Gasteiger partial charge >= 0.3 is 0 Å². The SMILES string of the molecule is Cc1ncc(C#N)c(I)c1C(F)F. The fourth-order valence-electron chi connectivity index (χ4n) is 0.923. The van der Waals surface area contributed by atoms with Crippen LogP contribution in [-0.4, -0.2) is 4.98 Å². The maximum atomic E-state index is 12.5. The summed E-state index contributed by atoms with van der Waals surface area (Å²) in [7, 11) is 0. The monoisotopic (exact) mass is 294 g/mol. The number of rotatable bonds is 1. The highest BCUT2D eigenvalue weighted by atomic mass is 127. The van der Waals surface area contributed by atoms with Gasteiger partial charge in [-0.1, -0.05) is 0 Å². The number of hydrogen-bond acceptors (Lipinski definition) is 2. The van der Waals surface area contributed by atoms with E-state index in [1.165, 1.54) is 13.1 Å². The molecule has 0 saturated carbocycles. The van der Waals surface area contributed by atoms with Crippen LogP contribution in [-0.2, 0) is 0 Å². The number of nitriles is 1. The van der Waals surface area contributed by atoms with E-state index in [4.69, 9.17) is 5.26 Å². The number of pyridine rings is 1. The predicted molar refractivity (Wildman–Crippen MR) is 51.4 cm³/mol. The molecule has 5 heteroatoms. The average molecular weight is 294 g/mol. The average Bonchev–Trinajstić information content (AvgIpc) is 2.04. The molecule has 13 heavy (non-hydrogen) atoms. The topological polar surface area (TPSA) is 36.7 Å². The van der Waals surface area contributed by atoms with E-state index in [1.807, 2.05) is 6.07 Å². The summed E-state index contributed by atoms with van der Waals surface area (Å²) in [6.45, 7) is 1.50. The molecule has 0 aromatic carbocycles. The van der Waals surface area contributed by atoms with Gasteiger partial charge in [0, 0.05) is 15.5 Å². The minimum Gasteiger partial charge on any atom is -0.260 e. The Balaban J connectivity index is 3.41. The Labute approximate surface area is 87.7 Å². The van der Waals surface area contributed by atoms with Gasteiger partial charge in [-0.15, -0.1) is 0 Å². The predicted octanol–water partition coefficient (Wildman–Crippen LogP) is 2.80. The van der Waals surface area contributed by atoms with Gasteiger partial charge in [0.05, 0.1) is 11.1 Å².